The van der Waals surface area contributed by atoms with Gasteiger partial charge in [0.25, 0.3) is 11.2 Å². The van der Waals surface area contributed by atoms with E-state index in [1.807, 2.05) is 39.0 Å². The highest BCUT2D eigenvalue weighted by molar-refractivity contribution is 9.10. The number of non-ortho nitro benzene ring substituents is 1. The maximum absolute atomic E-state index is 13.4. The SMILES string of the molecule is CCOc1cc(C=Nn2c([C@H](C)CC)nc3ccc(Br)cc3c2=O)cc(Br)c1OCc1ccc([N+](=O)[O-])cc1. The van der Waals surface area contributed by atoms with Crippen molar-refractivity contribution < 1.29 is 14.4 Å². The van der Waals surface area contributed by atoms with Crippen LogP contribution >= 0.6 is 31.9 Å². The standard InChI is InChI=1S/C28H26Br2N4O5/c1-4-17(3)27-32-24-11-8-20(29)14-22(24)28(35)33(27)31-15-19-12-23(30)26(25(13-19)38-5-2)39-16-18-6-9-21(10-7-18)34(36)37/h6-15,17H,4-5,16H2,1-3H3/t17-/m1/s1. The number of aromatic nitrogens is 2. The largest absolute Gasteiger partial charge is 0.490 e. The van der Waals surface area contributed by atoms with Crippen molar-refractivity contribution in [3.05, 3.63) is 101 Å². The van der Waals surface area contributed by atoms with Crippen LogP contribution in [0.1, 0.15) is 50.1 Å². The third-order valence-electron chi connectivity index (χ3n) is 6.07. The quantitative estimate of drug-likeness (QED) is 0.101. The smallest absolute Gasteiger partial charge is 0.282 e. The third-order valence-corrected chi connectivity index (χ3v) is 7.15. The molecule has 0 fully saturated rings. The molecule has 0 amide bonds. The Labute approximate surface area is 241 Å². The molecule has 0 unspecified atom stereocenters. The van der Waals surface area contributed by atoms with E-state index in [4.69, 9.17) is 14.5 Å². The summed E-state index contributed by atoms with van der Waals surface area (Å²) in [6.45, 7) is 6.51. The van der Waals surface area contributed by atoms with Gasteiger partial charge in [-0.1, -0.05) is 29.8 Å². The number of halogens is 2. The van der Waals surface area contributed by atoms with Crippen LogP contribution in [-0.2, 0) is 6.61 Å². The van der Waals surface area contributed by atoms with E-state index < -0.39 is 4.92 Å². The second kappa shape index (κ2) is 12.5. The van der Waals surface area contributed by atoms with Crippen molar-refractivity contribution in [2.45, 2.75) is 39.7 Å². The summed E-state index contributed by atoms with van der Waals surface area (Å²) in [4.78, 5) is 28.6. The lowest BCUT2D eigenvalue weighted by atomic mass is 10.1. The van der Waals surface area contributed by atoms with Crippen LogP contribution in [0.15, 0.2) is 73.4 Å². The monoisotopic (exact) mass is 656 g/mol. The van der Waals surface area contributed by atoms with Gasteiger partial charge in [0.05, 0.1) is 33.1 Å². The average Bonchev–Trinajstić information content (AvgIpc) is 2.92. The van der Waals surface area contributed by atoms with Gasteiger partial charge in [-0.3, -0.25) is 14.9 Å². The molecule has 39 heavy (non-hydrogen) atoms. The number of hydrogen-bond acceptors (Lipinski definition) is 7. The van der Waals surface area contributed by atoms with Crippen LogP contribution in [0.25, 0.3) is 10.9 Å². The molecule has 1 heterocycles. The minimum atomic E-state index is -0.443. The summed E-state index contributed by atoms with van der Waals surface area (Å²) in [7, 11) is 0. The molecule has 4 aromatic rings. The Morgan fingerprint density at radius 3 is 2.51 bits per heavy atom. The highest BCUT2D eigenvalue weighted by Gasteiger charge is 2.17. The Balaban J connectivity index is 1.67. The molecule has 1 atom stereocenters. The molecule has 0 bridgehead atoms. The lowest BCUT2D eigenvalue weighted by molar-refractivity contribution is -0.384. The first kappa shape index (κ1) is 28.4. The van der Waals surface area contributed by atoms with Crippen molar-refractivity contribution in [2.24, 2.45) is 5.10 Å². The van der Waals surface area contributed by atoms with Crippen molar-refractivity contribution in [3.8, 4) is 11.5 Å². The van der Waals surface area contributed by atoms with Gasteiger partial charge in [-0.05, 0) is 82.9 Å². The van der Waals surface area contributed by atoms with Crippen LogP contribution in [-0.4, -0.2) is 27.4 Å². The molecule has 11 heteroatoms. The van der Waals surface area contributed by atoms with Gasteiger partial charge in [-0.25, -0.2) is 4.98 Å². The molecular formula is C28H26Br2N4O5. The first-order valence-corrected chi connectivity index (χ1v) is 13.9. The Hall–Kier alpha value is -3.57. The van der Waals surface area contributed by atoms with Gasteiger partial charge in [0.1, 0.15) is 12.4 Å². The summed E-state index contributed by atoms with van der Waals surface area (Å²) < 4.78 is 14.6. The molecule has 0 aliphatic rings. The van der Waals surface area contributed by atoms with Crippen LogP contribution in [0.4, 0.5) is 5.69 Å². The predicted octanol–water partition coefficient (Wildman–Crippen LogP) is 7.20. The molecule has 0 spiro atoms. The van der Waals surface area contributed by atoms with E-state index in [2.05, 4.69) is 37.0 Å². The summed E-state index contributed by atoms with van der Waals surface area (Å²) >= 11 is 6.99. The average molecular weight is 658 g/mol. The van der Waals surface area contributed by atoms with Crippen LogP contribution in [0, 0.1) is 10.1 Å². The van der Waals surface area contributed by atoms with Crippen molar-refractivity contribution in [2.75, 3.05) is 6.61 Å². The lowest BCUT2D eigenvalue weighted by Gasteiger charge is -2.15. The molecule has 0 radical (unpaired) electrons. The van der Waals surface area contributed by atoms with Crippen molar-refractivity contribution in [1.82, 2.24) is 9.66 Å². The van der Waals surface area contributed by atoms with Crippen molar-refractivity contribution in [3.63, 3.8) is 0 Å². The molecule has 0 N–H and O–H groups in total. The van der Waals surface area contributed by atoms with E-state index in [1.165, 1.54) is 16.8 Å². The zero-order chi connectivity index (χ0) is 28.1. The summed E-state index contributed by atoms with van der Waals surface area (Å²) in [5.41, 5.74) is 1.85. The Kier molecular flexibility index (Phi) is 9.13. The van der Waals surface area contributed by atoms with Gasteiger partial charge in [0, 0.05) is 22.5 Å². The van der Waals surface area contributed by atoms with Gasteiger partial charge >= 0.3 is 0 Å². The molecular weight excluding hydrogens is 632 g/mol. The van der Waals surface area contributed by atoms with Gasteiger partial charge in [-0.15, -0.1) is 0 Å². The fraction of sp³-hybridized carbons (Fsp3) is 0.250. The van der Waals surface area contributed by atoms with Crippen molar-refractivity contribution >= 4 is 54.7 Å². The van der Waals surface area contributed by atoms with E-state index in [0.717, 1.165) is 16.5 Å². The number of fused-ring (bicyclic) bond motifs is 1. The van der Waals surface area contributed by atoms with Crippen LogP contribution in [0.2, 0.25) is 0 Å². The number of nitrogens with zero attached hydrogens (tertiary/aromatic N) is 4. The Bertz CT molecular complexity index is 1600. The summed E-state index contributed by atoms with van der Waals surface area (Å²) in [5.74, 6) is 1.58. The molecule has 3 aromatic carbocycles. The Morgan fingerprint density at radius 2 is 1.85 bits per heavy atom. The maximum Gasteiger partial charge on any atom is 0.282 e. The summed E-state index contributed by atoms with van der Waals surface area (Å²) in [5, 5.41) is 15.9. The fourth-order valence-corrected chi connectivity index (χ4v) is 4.77. The Morgan fingerprint density at radius 1 is 1.10 bits per heavy atom. The maximum atomic E-state index is 13.4. The van der Waals surface area contributed by atoms with Gasteiger partial charge in [-0.2, -0.15) is 9.78 Å². The van der Waals surface area contributed by atoms with E-state index in [0.29, 0.717) is 44.9 Å². The van der Waals surface area contributed by atoms with Crippen LogP contribution in [0.5, 0.6) is 11.5 Å². The molecule has 9 nitrogen and oxygen atoms in total. The molecule has 0 aliphatic heterocycles. The van der Waals surface area contributed by atoms with E-state index >= 15 is 0 Å². The number of nitro groups is 1. The molecule has 4 rings (SSSR count). The highest BCUT2D eigenvalue weighted by Crippen LogP contribution is 2.37. The fourth-order valence-electron chi connectivity index (χ4n) is 3.84. The minimum absolute atomic E-state index is 0.0171. The van der Waals surface area contributed by atoms with Crippen LogP contribution in [0.3, 0.4) is 0 Å². The minimum Gasteiger partial charge on any atom is -0.490 e. The first-order valence-electron chi connectivity index (χ1n) is 12.3. The first-order chi connectivity index (χ1) is 18.7. The summed E-state index contributed by atoms with van der Waals surface area (Å²) in [6.07, 6.45) is 2.39. The molecule has 0 aliphatic carbocycles. The third kappa shape index (κ3) is 6.54. The lowest BCUT2D eigenvalue weighted by Crippen LogP contribution is -2.23. The number of nitro benzene ring substituents is 1. The van der Waals surface area contributed by atoms with E-state index in [1.54, 1.807) is 30.5 Å². The van der Waals surface area contributed by atoms with Gasteiger partial charge in [0.2, 0.25) is 0 Å². The number of hydrogen-bond donors (Lipinski definition) is 0. The summed E-state index contributed by atoms with van der Waals surface area (Å²) in [6, 6.07) is 15.2. The molecule has 0 saturated heterocycles. The number of rotatable bonds is 10. The number of ether oxygens (including phenoxy) is 2. The highest BCUT2D eigenvalue weighted by atomic mass is 79.9. The second-order valence-electron chi connectivity index (χ2n) is 8.78. The van der Waals surface area contributed by atoms with E-state index in [-0.39, 0.29) is 23.8 Å². The molecule has 0 saturated carbocycles. The zero-order valence-electron chi connectivity index (χ0n) is 21.6. The topological polar surface area (TPSA) is 109 Å². The van der Waals surface area contributed by atoms with Gasteiger partial charge in [0.15, 0.2) is 11.5 Å². The normalized spacial score (nSPS) is 12.1. The second-order valence-corrected chi connectivity index (χ2v) is 10.5. The predicted molar refractivity (Wildman–Crippen MR) is 158 cm³/mol. The molecule has 1 aromatic heterocycles. The van der Waals surface area contributed by atoms with Crippen LogP contribution < -0.4 is 15.0 Å². The molecule has 202 valence electrons. The zero-order valence-corrected chi connectivity index (χ0v) is 24.7. The number of benzene rings is 3. The van der Waals surface area contributed by atoms with E-state index in [9.17, 15) is 14.9 Å². The van der Waals surface area contributed by atoms with Crippen molar-refractivity contribution in [1.29, 1.82) is 0 Å². The van der Waals surface area contributed by atoms with Gasteiger partial charge < -0.3 is 9.47 Å².